The maximum atomic E-state index is 12.4. The Bertz CT molecular complexity index is 675. The molecule has 1 aliphatic rings. The second-order valence-electron chi connectivity index (χ2n) is 5.79. The number of carbonyl (C=O) groups excluding carboxylic acids is 1. The average molecular weight is 319 g/mol. The molecule has 0 spiro atoms. The summed E-state index contributed by atoms with van der Waals surface area (Å²) in [5.74, 6) is 0.565. The lowest BCUT2D eigenvalue weighted by molar-refractivity contribution is -0.140. The van der Waals surface area contributed by atoms with Crippen molar-refractivity contribution < 1.29 is 9.53 Å². The number of imidazole rings is 1. The quantitative estimate of drug-likeness (QED) is 0.815. The fraction of sp³-hybridized carbons (Fsp3) is 0.500. The number of rotatable bonds is 3. The van der Waals surface area contributed by atoms with Crippen molar-refractivity contribution in [2.75, 3.05) is 18.8 Å². The second-order valence-corrected chi connectivity index (χ2v) is 6.73. The van der Waals surface area contributed by atoms with Crippen LogP contribution in [0.25, 0.3) is 11.0 Å². The summed E-state index contributed by atoms with van der Waals surface area (Å²) in [6.07, 6.45) is 0.210. The first-order valence-corrected chi connectivity index (χ1v) is 8.50. The predicted molar refractivity (Wildman–Crippen MR) is 88.0 cm³/mol. The van der Waals surface area contributed by atoms with E-state index in [1.165, 1.54) is 11.8 Å². The van der Waals surface area contributed by atoms with Crippen molar-refractivity contribution in [2.45, 2.75) is 31.2 Å². The van der Waals surface area contributed by atoms with Crippen LogP contribution in [-0.4, -0.2) is 51.4 Å². The third kappa shape index (κ3) is 3.13. The third-order valence-electron chi connectivity index (χ3n) is 3.84. The zero-order chi connectivity index (χ0) is 15.7. The number of hydrogen-bond acceptors (Lipinski definition) is 4. The molecule has 1 aromatic heterocycles. The first-order valence-electron chi connectivity index (χ1n) is 7.52. The van der Waals surface area contributed by atoms with E-state index < -0.39 is 0 Å². The number of amides is 1. The molecule has 1 aliphatic heterocycles. The third-order valence-corrected chi connectivity index (χ3v) is 4.86. The number of aromatic nitrogens is 2. The van der Waals surface area contributed by atoms with E-state index in [4.69, 9.17) is 4.74 Å². The van der Waals surface area contributed by atoms with Crippen LogP contribution in [0.1, 0.15) is 13.8 Å². The summed E-state index contributed by atoms with van der Waals surface area (Å²) in [4.78, 5) is 18.9. The van der Waals surface area contributed by atoms with Gasteiger partial charge in [-0.3, -0.25) is 4.79 Å². The van der Waals surface area contributed by atoms with E-state index in [2.05, 4.69) is 4.98 Å². The van der Waals surface area contributed by atoms with Gasteiger partial charge in [0, 0.05) is 20.1 Å². The van der Waals surface area contributed by atoms with E-state index in [1.807, 2.05) is 54.6 Å². The van der Waals surface area contributed by atoms with E-state index >= 15 is 0 Å². The molecule has 118 valence electrons. The monoisotopic (exact) mass is 319 g/mol. The van der Waals surface area contributed by atoms with Crippen LogP contribution in [-0.2, 0) is 16.6 Å². The Morgan fingerprint density at radius 3 is 2.68 bits per heavy atom. The van der Waals surface area contributed by atoms with E-state index in [0.717, 1.165) is 16.2 Å². The number of carbonyl (C=O) groups is 1. The molecule has 2 heterocycles. The highest BCUT2D eigenvalue weighted by molar-refractivity contribution is 7.99. The highest BCUT2D eigenvalue weighted by Gasteiger charge is 2.26. The largest absolute Gasteiger partial charge is 0.372 e. The van der Waals surface area contributed by atoms with Gasteiger partial charge in [0.1, 0.15) is 0 Å². The fourth-order valence-corrected chi connectivity index (χ4v) is 3.74. The molecule has 0 bridgehead atoms. The highest BCUT2D eigenvalue weighted by atomic mass is 32.2. The maximum absolute atomic E-state index is 12.4. The van der Waals surface area contributed by atoms with Gasteiger partial charge in [-0.15, -0.1) is 0 Å². The van der Waals surface area contributed by atoms with E-state index in [9.17, 15) is 4.79 Å². The summed E-state index contributed by atoms with van der Waals surface area (Å²) >= 11 is 1.50. The number of nitrogens with zero attached hydrogens (tertiary/aromatic N) is 3. The van der Waals surface area contributed by atoms with Gasteiger partial charge < -0.3 is 14.2 Å². The van der Waals surface area contributed by atoms with Gasteiger partial charge in [0.2, 0.25) is 5.91 Å². The van der Waals surface area contributed by atoms with Gasteiger partial charge in [-0.1, -0.05) is 23.9 Å². The lowest BCUT2D eigenvalue weighted by atomic mass is 10.2. The lowest BCUT2D eigenvalue weighted by Crippen LogP contribution is -2.48. The number of morpholine rings is 1. The lowest BCUT2D eigenvalue weighted by Gasteiger charge is -2.35. The van der Waals surface area contributed by atoms with Gasteiger partial charge in [-0.05, 0) is 26.0 Å². The summed E-state index contributed by atoms with van der Waals surface area (Å²) < 4.78 is 7.71. The Labute approximate surface area is 134 Å². The van der Waals surface area contributed by atoms with E-state index in [0.29, 0.717) is 18.8 Å². The van der Waals surface area contributed by atoms with Crippen molar-refractivity contribution in [3.8, 4) is 0 Å². The Morgan fingerprint density at radius 1 is 1.32 bits per heavy atom. The number of para-hydroxylation sites is 2. The van der Waals surface area contributed by atoms with Gasteiger partial charge >= 0.3 is 0 Å². The normalized spacial score (nSPS) is 22.2. The molecule has 1 aromatic carbocycles. The summed E-state index contributed by atoms with van der Waals surface area (Å²) in [6, 6.07) is 8.01. The standard InChI is InChI=1S/C16H21N3O2S/c1-11-8-19(9-12(2)21-11)15(20)10-22-16-17-13-6-4-5-7-14(13)18(16)3/h4-7,11-12H,8-10H2,1-3H3. The Kier molecular flexibility index (Phi) is 4.40. The fourth-order valence-electron chi connectivity index (χ4n) is 2.85. The van der Waals surface area contributed by atoms with Crippen molar-refractivity contribution >= 4 is 28.7 Å². The molecule has 0 N–H and O–H groups in total. The molecule has 2 unspecified atom stereocenters. The Hall–Kier alpha value is -1.53. The summed E-state index contributed by atoms with van der Waals surface area (Å²) in [6.45, 7) is 5.36. The molecule has 1 amide bonds. The highest BCUT2D eigenvalue weighted by Crippen LogP contribution is 2.23. The van der Waals surface area contributed by atoms with Crippen molar-refractivity contribution in [3.63, 3.8) is 0 Å². The molecule has 3 rings (SSSR count). The molecule has 5 nitrogen and oxygen atoms in total. The summed E-state index contributed by atoms with van der Waals surface area (Å²) in [7, 11) is 1.99. The first-order chi connectivity index (χ1) is 10.5. The summed E-state index contributed by atoms with van der Waals surface area (Å²) in [5, 5.41) is 0.879. The van der Waals surface area contributed by atoms with Crippen molar-refractivity contribution in [2.24, 2.45) is 7.05 Å². The number of thioether (sulfide) groups is 1. The van der Waals surface area contributed by atoms with Gasteiger partial charge in [0.15, 0.2) is 5.16 Å². The number of benzene rings is 1. The van der Waals surface area contributed by atoms with Crippen LogP contribution < -0.4 is 0 Å². The van der Waals surface area contributed by atoms with Crippen LogP contribution >= 0.6 is 11.8 Å². The minimum atomic E-state index is 0.105. The molecule has 0 saturated carbocycles. The molecule has 0 radical (unpaired) electrons. The molecule has 0 aliphatic carbocycles. The van der Waals surface area contributed by atoms with Crippen LogP contribution in [0, 0.1) is 0 Å². The minimum Gasteiger partial charge on any atom is -0.372 e. The van der Waals surface area contributed by atoms with Crippen LogP contribution in [0.5, 0.6) is 0 Å². The molecule has 2 aromatic rings. The van der Waals surface area contributed by atoms with Crippen LogP contribution in [0.15, 0.2) is 29.4 Å². The molecule has 1 fully saturated rings. The molecular weight excluding hydrogens is 298 g/mol. The van der Waals surface area contributed by atoms with Crippen molar-refractivity contribution in [1.29, 1.82) is 0 Å². The average Bonchev–Trinajstić information content (AvgIpc) is 2.81. The topological polar surface area (TPSA) is 47.4 Å². The molecule has 22 heavy (non-hydrogen) atoms. The summed E-state index contributed by atoms with van der Waals surface area (Å²) in [5.41, 5.74) is 2.06. The number of aryl methyl sites for hydroxylation is 1. The number of hydrogen-bond donors (Lipinski definition) is 0. The van der Waals surface area contributed by atoms with Gasteiger partial charge in [0.25, 0.3) is 0 Å². The minimum absolute atomic E-state index is 0.105. The van der Waals surface area contributed by atoms with Crippen molar-refractivity contribution in [3.05, 3.63) is 24.3 Å². The maximum Gasteiger partial charge on any atom is 0.233 e. The SMILES string of the molecule is CC1CN(C(=O)CSc2nc3ccccc3n2C)CC(C)O1. The molecule has 1 saturated heterocycles. The van der Waals surface area contributed by atoms with Gasteiger partial charge in [0.05, 0.1) is 29.0 Å². The molecule has 2 atom stereocenters. The Balaban J connectivity index is 1.66. The second kappa shape index (κ2) is 6.30. The first kappa shape index (κ1) is 15.4. The molecule has 6 heteroatoms. The van der Waals surface area contributed by atoms with Gasteiger partial charge in [-0.2, -0.15) is 0 Å². The zero-order valence-corrected chi connectivity index (χ0v) is 14.0. The number of ether oxygens (including phenoxy) is 1. The molecular formula is C16H21N3O2S. The van der Waals surface area contributed by atoms with Crippen LogP contribution in [0.4, 0.5) is 0 Å². The van der Waals surface area contributed by atoms with E-state index in [1.54, 1.807) is 0 Å². The predicted octanol–water partition coefficient (Wildman–Crippen LogP) is 2.30. The zero-order valence-electron chi connectivity index (χ0n) is 13.2. The van der Waals surface area contributed by atoms with Gasteiger partial charge in [-0.25, -0.2) is 4.98 Å². The smallest absolute Gasteiger partial charge is 0.233 e. The van der Waals surface area contributed by atoms with Crippen LogP contribution in [0.2, 0.25) is 0 Å². The van der Waals surface area contributed by atoms with Crippen LogP contribution in [0.3, 0.4) is 0 Å². The van der Waals surface area contributed by atoms with E-state index in [-0.39, 0.29) is 18.1 Å². The number of fused-ring (bicyclic) bond motifs is 1. The van der Waals surface area contributed by atoms with Crippen molar-refractivity contribution in [1.82, 2.24) is 14.5 Å². The Morgan fingerprint density at radius 2 is 2.00 bits per heavy atom.